The van der Waals surface area contributed by atoms with Crippen LogP contribution in [0.5, 0.6) is 5.75 Å². The first kappa shape index (κ1) is 14.8. The molecule has 0 radical (unpaired) electrons. The highest BCUT2D eigenvalue weighted by Crippen LogP contribution is 2.38. The van der Waals surface area contributed by atoms with Crippen molar-refractivity contribution in [1.82, 2.24) is 9.97 Å². The summed E-state index contributed by atoms with van der Waals surface area (Å²) in [7, 11) is 0. The standard InChI is InChI=1S/C18H23N3O/c1-12(2)22-15-9-5-8-14(10-15)17-16(11-20-18(19)21-17)13-6-3-4-7-13/h5,8-13H,3-4,6-7H2,1-2H3,(H2,19,20,21). The smallest absolute Gasteiger partial charge is 0.220 e. The first-order chi connectivity index (χ1) is 10.6. The molecule has 3 rings (SSSR count). The summed E-state index contributed by atoms with van der Waals surface area (Å²) in [6.07, 6.45) is 7.05. The van der Waals surface area contributed by atoms with Gasteiger partial charge in [-0.3, -0.25) is 0 Å². The molecule has 0 atom stereocenters. The van der Waals surface area contributed by atoms with E-state index in [4.69, 9.17) is 10.5 Å². The van der Waals surface area contributed by atoms with Crippen LogP contribution in [0.1, 0.15) is 51.0 Å². The number of anilines is 1. The average Bonchev–Trinajstić information content (AvgIpc) is 3.01. The number of rotatable bonds is 4. The lowest BCUT2D eigenvalue weighted by Gasteiger charge is -2.16. The van der Waals surface area contributed by atoms with Crippen LogP contribution in [0.25, 0.3) is 11.3 Å². The Hall–Kier alpha value is -2.10. The third-order valence-corrected chi connectivity index (χ3v) is 4.11. The Bertz CT molecular complexity index is 649. The van der Waals surface area contributed by atoms with Crippen molar-refractivity contribution < 1.29 is 4.74 Å². The van der Waals surface area contributed by atoms with Crippen LogP contribution in [0.15, 0.2) is 30.5 Å². The van der Waals surface area contributed by atoms with Crippen molar-refractivity contribution in [2.24, 2.45) is 0 Å². The molecule has 0 saturated heterocycles. The third-order valence-electron chi connectivity index (χ3n) is 4.11. The van der Waals surface area contributed by atoms with Gasteiger partial charge in [-0.1, -0.05) is 25.0 Å². The highest BCUT2D eigenvalue weighted by Gasteiger charge is 2.22. The largest absolute Gasteiger partial charge is 0.491 e. The molecule has 2 aromatic rings. The molecular formula is C18H23N3O. The molecule has 1 aliphatic carbocycles. The van der Waals surface area contributed by atoms with Gasteiger partial charge >= 0.3 is 0 Å². The van der Waals surface area contributed by atoms with E-state index in [0.717, 1.165) is 17.0 Å². The molecule has 0 bridgehead atoms. The first-order valence-electron chi connectivity index (χ1n) is 8.03. The number of benzene rings is 1. The van der Waals surface area contributed by atoms with E-state index in [2.05, 4.69) is 16.0 Å². The predicted octanol–water partition coefficient (Wildman–Crippen LogP) is 4.17. The molecule has 1 heterocycles. The van der Waals surface area contributed by atoms with Gasteiger partial charge in [-0.2, -0.15) is 0 Å². The van der Waals surface area contributed by atoms with Crippen molar-refractivity contribution in [3.05, 3.63) is 36.0 Å². The zero-order valence-corrected chi connectivity index (χ0v) is 13.2. The van der Waals surface area contributed by atoms with Gasteiger partial charge in [0.05, 0.1) is 11.8 Å². The van der Waals surface area contributed by atoms with E-state index in [9.17, 15) is 0 Å². The third kappa shape index (κ3) is 3.21. The second-order valence-corrected chi connectivity index (χ2v) is 6.21. The van der Waals surface area contributed by atoms with Crippen LogP contribution in [0.3, 0.4) is 0 Å². The molecule has 1 aliphatic rings. The molecule has 4 nitrogen and oxygen atoms in total. The zero-order chi connectivity index (χ0) is 15.5. The summed E-state index contributed by atoms with van der Waals surface area (Å²) in [5, 5.41) is 0. The topological polar surface area (TPSA) is 61.0 Å². The van der Waals surface area contributed by atoms with Crippen LogP contribution in [-0.2, 0) is 0 Å². The van der Waals surface area contributed by atoms with E-state index in [1.54, 1.807) is 0 Å². The molecule has 1 fully saturated rings. The van der Waals surface area contributed by atoms with Gasteiger partial charge in [-0.05, 0) is 44.7 Å². The normalized spacial score (nSPS) is 15.4. The fraction of sp³-hybridized carbons (Fsp3) is 0.444. The van der Waals surface area contributed by atoms with Gasteiger partial charge in [0.1, 0.15) is 5.75 Å². The number of hydrogen-bond acceptors (Lipinski definition) is 4. The van der Waals surface area contributed by atoms with Gasteiger partial charge in [-0.15, -0.1) is 0 Å². The fourth-order valence-electron chi connectivity index (χ4n) is 3.16. The Labute approximate surface area is 131 Å². The molecule has 1 aromatic carbocycles. The van der Waals surface area contributed by atoms with Gasteiger partial charge in [0.25, 0.3) is 0 Å². The first-order valence-corrected chi connectivity index (χ1v) is 8.03. The van der Waals surface area contributed by atoms with Crippen molar-refractivity contribution >= 4 is 5.95 Å². The second kappa shape index (κ2) is 6.34. The SMILES string of the molecule is CC(C)Oc1cccc(-c2nc(N)ncc2C2CCCC2)c1. The minimum absolute atomic E-state index is 0.153. The van der Waals surface area contributed by atoms with Crippen LogP contribution in [0.2, 0.25) is 0 Å². The Morgan fingerprint density at radius 1 is 1.23 bits per heavy atom. The monoisotopic (exact) mass is 297 g/mol. The maximum atomic E-state index is 5.83. The highest BCUT2D eigenvalue weighted by atomic mass is 16.5. The fourth-order valence-corrected chi connectivity index (χ4v) is 3.16. The van der Waals surface area contributed by atoms with Gasteiger partial charge in [0.15, 0.2) is 0 Å². The van der Waals surface area contributed by atoms with Crippen molar-refractivity contribution in [2.75, 3.05) is 5.73 Å². The summed E-state index contributed by atoms with van der Waals surface area (Å²) in [5.74, 6) is 1.74. The minimum atomic E-state index is 0.153. The van der Waals surface area contributed by atoms with Crippen LogP contribution < -0.4 is 10.5 Å². The summed E-state index contributed by atoms with van der Waals surface area (Å²) < 4.78 is 5.80. The molecule has 116 valence electrons. The number of nitrogens with zero attached hydrogens (tertiary/aromatic N) is 2. The Morgan fingerprint density at radius 2 is 2.00 bits per heavy atom. The van der Waals surface area contributed by atoms with E-state index < -0.39 is 0 Å². The zero-order valence-electron chi connectivity index (χ0n) is 13.2. The van der Waals surface area contributed by atoms with Gasteiger partial charge < -0.3 is 10.5 Å². The van der Waals surface area contributed by atoms with Crippen LogP contribution in [-0.4, -0.2) is 16.1 Å². The number of hydrogen-bond donors (Lipinski definition) is 1. The molecule has 4 heteroatoms. The summed E-state index contributed by atoms with van der Waals surface area (Å²) in [6, 6.07) is 8.08. The molecule has 2 N–H and O–H groups in total. The minimum Gasteiger partial charge on any atom is -0.491 e. The van der Waals surface area contributed by atoms with Crippen molar-refractivity contribution in [1.29, 1.82) is 0 Å². The van der Waals surface area contributed by atoms with E-state index in [-0.39, 0.29) is 6.10 Å². The maximum Gasteiger partial charge on any atom is 0.220 e. The maximum absolute atomic E-state index is 5.83. The molecule has 0 aliphatic heterocycles. The molecule has 1 saturated carbocycles. The Balaban J connectivity index is 2.01. The lowest BCUT2D eigenvalue weighted by atomic mass is 9.94. The van der Waals surface area contributed by atoms with Crippen LogP contribution in [0.4, 0.5) is 5.95 Å². The molecular weight excluding hydrogens is 274 g/mol. The predicted molar refractivity (Wildman–Crippen MR) is 88.9 cm³/mol. The van der Waals surface area contributed by atoms with E-state index >= 15 is 0 Å². The number of nitrogen functional groups attached to an aromatic ring is 1. The number of ether oxygens (including phenoxy) is 1. The molecule has 0 unspecified atom stereocenters. The highest BCUT2D eigenvalue weighted by molar-refractivity contribution is 5.66. The second-order valence-electron chi connectivity index (χ2n) is 6.21. The lowest BCUT2D eigenvalue weighted by Crippen LogP contribution is -2.06. The van der Waals surface area contributed by atoms with Gasteiger partial charge in [0, 0.05) is 17.3 Å². The molecule has 1 aromatic heterocycles. The van der Waals surface area contributed by atoms with Gasteiger partial charge in [-0.25, -0.2) is 9.97 Å². The molecule has 0 amide bonds. The van der Waals surface area contributed by atoms with E-state index in [1.807, 2.05) is 38.2 Å². The summed E-state index contributed by atoms with van der Waals surface area (Å²) in [5.41, 5.74) is 9.05. The lowest BCUT2D eigenvalue weighted by molar-refractivity contribution is 0.242. The van der Waals surface area contributed by atoms with E-state index in [0.29, 0.717) is 11.9 Å². The quantitative estimate of drug-likeness (QED) is 0.920. The van der Waals surface area contributed by atoms with Crippen molar-refractivity contribution in [3.63, 3.8) is 0 Å². The molecule has 22 heavy (non-hydrogen) atoms. The summed E-state index contributed by atoms with van der Waals surface area (Å²) in [4.78, 5) is 8.74. The van der Waals surface area contributed by atoms with Crippen LogP contribution >= 0.6 is 0 Å². The molecule has 0 spiro atoms. The van der Waals surface area contributed by atoms with Crippen molar-refractivity contribution in [2.45, 2.75) is 51.6 Å². The number of aromatic nitrogens is 2. The van der Waals surface area contributed by atoms with Crippen LogP contribution in [0, 0.1) is 0 Å². The van der Waals surface area contributed by atoms with E-state index in [1.165, 1.54) is 31.2 Å². The number of nitrogens with two attached hydrogens (primary N) is 1. The average molecular weight is 297 g/mol. The Morgan fingerprint density at radius 3 is 2.73 bits per heavy atom. The summed E-state index contributed by atoms with van der Waals surface area (Å²) in [6.45, 7) is 4.05. The summed E-state index contributed by atoms with van der Waals surface area (Å²) >= 11 is 0. The van der Waals surface area contributed by atoms with Gasteiger partial charge in [0.2, 0.25) is 5.95 Å². The van der Waals surface area contributed by atoms with Crippen molar-refractivity contribution in [3.8, 4) is 17.0 Å². The Kier molecular flexibility index (Phi) is 4.27.